The van der Waals surface area contributed by atoms with E-state index in [0.29, 0.717) is 17.3 Å². The molecule has 164 valence electrons. The van der Waals surface area contributed by atoms with Gasteiger partial charge in [0.15, 0.2) is 0 Å². The van der Waals surface area contributed by atoms with E-state index in [-0.39, 0.29) is 36.1 Å². The number of hydrogen-bond acceptors (Lipinski definition) is 7. The Bertz CT molecular complexity index is 1080. The highest BCUT2D eigenvalue weighted by atomic mass is 32.2. The number of imide groups is 1. The molecule has 31 heavy (non-hydrogen) atoms. The van der Waals surface area contributed by atoms with Crippen LogP contribution >= 0.6 is 0 Å². The van der Waals surface area contributed by atoms with E-state index in [9.17, 15) is 18.0 Å². The van der Waals surface area contributed by atoms with Crippen LogP contribution in [0.25, 0.3) is 0 Å². The minimum absolute atomic E-state index is 0.0391. The van der Waals surface area contributed by atoms with Gasteiger partial charge in [0, 0.05) is 31.6 Å². The van der Waals surface area contributed by atoms with Crippen LogP contribution in [-0.4, -0.2) is 43.3 Å². The van der Waals surface area contributed by atoms with Crippen LogP contribution in [0.2, 0.25) is 0 Å². The molecule has 0 saturated carbocycles. The van der Waals surface area contributed by atoms with Gasteiger partial charge in [-0.1, -0.05) is 0 Å². The number of carbonyl (C=O) groups excluding carboxylic acids is 2. The number of hydrogen-bond donors (Lipinski definition) is 1. The van der Waals surface area contributed by atoms with Crippen molar-refractivity contribution >= 4 is 33.5 Å². The lowest BCUT2D eigenvalue weighted by atomic mass is 10.1. The van der Waals surface area contributed by atoms with Crippen LogP contribution in [-0.2, 0) is 26.2 Å². The van der Waals surface area contributed by atoms with E-state index in [1.807, 2.05) is 6.92 Å². The molecular formula is C21H25N5O4S. The summed E-state index contributed by atoms with van der Waals surface area (Å²) in [7, 11) is -3.79. The molecule has 0 spiro atoms. The summed E-state index contributed by atoms with van der Waals surface area (Å²) >= 11 is 0. The average molecular weight is 444 g/mol. The zero-order valence-electron chi connectivity index (χ0n) is 17.4. The molecule has 4 rings (SSSR count). The van der Waals surface area contributed by atoms with Crippen molar-refractivity contribution in [2.75, 3.05) is 22.9 Å². The highest BCUT2D eigenvalue weighted by Crippen LogP contribution is 2.24. The second-order valence-electron chi connectivity index (χ2n) is 7.79. The molecule has 0 atom stereocenters. The Morgan fingerprint density at radius 2 is 1.61 bits per heavy atom. The molecule has 3 heterocycles. The standard InChI is InChI=1S/C21H25N5O4S/c1-15-13-16(24-21(23-15)25-11-3-2-4-12-25)14-22-31(29,30)18-7-5-17(6-8-18)26-19(27)9-10-20(26)28/h5-8,13,22H,2-4,9-12,14H2,1H3. The van der Waals surface area contributed by atoms with Crippen LogP contribution in [0.4, 0.5) is 11.6 Å². The van der Waals surface area contributed by atoms with Crippen molar-refractivity contribution in [3.05, 3.63) is 41.7 Å². The summed E-state index contributed by atoms with van der Waals surface area (Å²) in [5, 5.41) is 0. The van der Waals surface area contributed by atoms with E-state index >= 15 is 0 Å². The van der Waals surface area contributed by atoms with Crippen molar-refractivity contribution < 1.29 is 18.0 Å². The first kappa shape index (κ1) is 21.4. The Labute approximate surface area is 181 Å². The lowest BCUT2D eigenvalue weighted by Gasteiger charge is -2.27. The van der Waals surface area contributed by atoms with Crippen LogP contribution in [0.3, 0.4) is 0 Å². The Balaban J connectivity index is 1.46. The average Bonchev–Trinajstić information content (AvgIpc) is 3.11. The Morgan fingerprint density at radius 3 is 2.26 bits per heavy atom. The number of aromatic nitrogens is 2. The van der Waals surface area contributed by atoms with Gasteiger partial charge < -0.3 is 4.90 Å². The first-order chi connectivity index (χ1) is 14.8. The second kappa shape index (κ2) is 8.72. The van der Waals surface area contributed by atoms with E-state index in [4.69, 9.17) is 0 Å². The summed E-state index contributed by atoms with van der Waals surface area (Å²) in [6.07, 6.45) is 3.76. The first-order valence-electron chi connectivity index (χ1n) is 10.4. The third-order valence-corrected chi connectivity index (χ3v) is 6.85. The molecule has 0 unspecified atom stereocenters. The molecule has 2 aliphatic heterocycles. The summed E-state index contributed by atoms with van der Waals surface area (Å²) in [4.78, 5) is 36.0. The fourth-order valence-electron chi connectivity index (χ4n) is 3.83. The van der Waals surface area contributed by atoms with Gasteiger partial charge in [-0.2, -0.15) is 0 Å². The summed E-state index contributed by atoms with van der Waals surface area (Å²) in [5.74, 6) is 0.0861. The van der Waals surface area contributed by atoms with Gasteiger partial charge in [0.25, 0.3) is 0 Å². The molecule has 2 fully saturated rings. The number of benzene rings is 1. The number of aryl methyl sites for hydroxylation is 1. The van der Waals surface area contributed by atoms with Crippen molar-refractivity contribution in [2.45, 2.75) is 50.5 Å². The van der Waals surface area contributed by atoms with Crippen LogP contribution in [0.5, 0.6) is 0 Å². The third kappa shape index (κ3) is 4.75. The summed E-state index contributed by atoms with van der Waals surface area (Å²) < 4.78 is 28.0. The quantitative estimate of drug-likeness (QED) is 0.679. The predicted molar refractivity (Wildman–Crippen MR) is 115 cm³/mol. The normalized spacial score (nSPS) is 17.5. The largest absolute Gasteiger partial charge is 0.341 e. The fourth-order valence-corrected chi connectivity index (χ4v) is 4.83. The van der Waals surface area contributed by atoms with E-state index in [2.05, 4.69) is 19.6 Å². The highest BCUT2D eigenvalue weighted by Gasteiger charge is 2.30. The lowest BCUT2D eigenvalue weighted by molar-refractivity contribution is -0.121. The van der Waals surface area contributed by atoms with Gasteiger partial charge in [-0.3, -0.25) is 14.5 Å². The van der Waals surface area contributed by atoms with Gasteiger partial charge in [0.1, 0.15) is 0 Å². The smallest absolute Gasteiger partial charge is 0.240 e. The minimum atomic E-state index is -3.79. The Hall–Kier alpha value is -2.85. The monoisotopic (exact) mass is 443 g/mol. The van der Waals surface area contributed by atoms with Gasteiger partial charge in [0.2, 0.25) is 27.8 Å². The number of nitrogens with one attached hydrogen (secondary N) is 1. The zero-order chi connectivity index (χ0) is 22.0. The molecule has 10 heteroatoms. The summed E-state index contributed by atoms with van der Waals surface area (Å²) in [5.41, 5.74) is 1.76. The molecule has 2 amide bonds. The second-order valence-corrected chi connectivity index (χ2v) is 9.56. The van der Waals surface area contributed by atoms with E-state index < -0.39 is 10.0 Å². The maximum atomic E-state index is 12.7. The maximum absolute atomic E-state index is 12.7. The SMILES string of the molecule is Cc1cc(CNS(=O)(=O)c2ccc(N3C(=O)CCC3=O)cc2)nc(N2CCCCC2)n1. The van der Waals surface area contributed by atoms with Crippen molar-refractivity contribution in [3.63, 3.8) is 0 Å². The van der Waals surface area contributed by atoms with Crippen molar-refractivity contribution in [2.24, 2.45) is 0 Å². The Morgan fingerprint density at radius 1 is 0.968 bits per heavy atom. The minimum Gasteiger partial charge on any atom is -0.341 e. The number of anilines is 2. The molecule has 2 saturated heterocycles. The Kier molecular flexibility index (Phi) is 6.01. The topological polar surface area (TPSA) is 113 Å². The molecule has 1 N–H and O–H groups in total. The molecule has 2 aromatic rings. The van der Waals surface area contributed by atoms with Gasteiger partial charge in [-0.05, 0) is 56.5 Å². The lowest BCUT2D eigenvalue weighted by Crippen LogP contribution is -2.32. The van der Waals surface area contributed by atoms with Crippen LogP contribution in [0.15, 0.2) is 35.2 Å². The number of sulfonamides is 1. The molecule has 9 nitrogen and oxygen atoms in total. The van der Waals surface area contributed by atoms with E-state index in [1.54, 1.807) is 6.07 Å². The molecule has 0 aliphatic carbocycles. The molecule has 2 aliphatic rings. The van der Waals surface area contributed by atoms with Gasteiger partial charge in [-0.25, -0.2) is 23.1 Å². The first-order valence-corrected chi connectivity index (χ1v) is 11.9. The number of nitrogens with zero attached hydrogens (tertiary/aromatic N) is 4. The molecule has 1 aromatic heterocycles. The number of piperidine rings is 1. The van der Waals surface area contributed by atoms with E-state index in [0.717, 1.165) is 36.5 Å². The van der Waals surface area contributed by atoms with Gasteiger partial charge >= 0.3 is 0 Å². The number of amides is 2. The van der Waals surface area contributed by atoms with Crippen LogP contribution in [0, 0.1) is 6.92 Å². The van der Waals surface area contributed by atoms with Crippen LogP contribution in [0.1, 0.15) is 43.5 Å². The molecule has 0 radical (unpaired) electrons. The van der Waals surface area contributed by atoms with Gasteiger partial charge in [-0.15, -0.1) is 0 Å². The zero-order valence-corrected chi connectivity index (χ0v) is 18.2. The van der Waals surface area contributed by atoms with Gasteiger partial charge in [0.05, 0.1) is 22.8 Å². The maximum Gasteiger partial charge on any atom is 0.240 e. The van der Waals surface area contributed by atoms with Crippen molar-refractivity contribution in [3.8, 4) is 0 Å². The third-order valence-electron chi connectivity index (χ3n) is 5.43. The number of carbonyl (C=O) groups is 2. The molecule has 0 bridgehead atoms. The predicted octanol–water partition coefficient (Wildman–Crippen LogP) is 1.91. The van der Waals surface area contributed by atoms with Crippen LogP contribution < -0.4 is 14.5 Å². The van der Waals surface area contributed by atoms with Crippen molar-refractivity contribution in [1.29, 1.82) is 0 Å². The van der Waals surface area contributed by atoms with E-state index in [1.165, 1.54) is 30.7 Å². The molecule has 1 aromatic carbocycles. The van der Waals surface area contributed by atoms with Crippen molar-refractivity contribution in [1.82, 2.24) is 14.7 Å². The highest BCUT2D eigenvalue weighted by molar-refractivity contribution is 7.89. The fraction of sp³-hybridized carbons (Fsp3) is 0.429. The summed E-state index contributed by atoms with van der Waals surface area (Å²) in [6, 6.07) is 7.49. The number of rotatable bonds is 6. The summed E-state index contributed by atoms with van der Waals surface area (Å²) in [6.45, 7) is 3.72. The molecular weight excluding hydrogens is 418 g/mol.